The summed E-state index contributed by atoms with van der Waals surface area (Å²) in [5.74, 6) is 0.903. The van der Waals surface area contributed by atoms with E-state index in [-0.39, 0.29) is 5.78 Å². The van der Waals surface area contributed by atoms with Gasteiger partial charge in [-0.15, -0.1) is 0 Å². The number of carbonyl (C=O) groups excluding carboxylic acids is 1. The molecule has 122 valence electrons. The van der Waals surface area contributed by atoms with Crippen LogP contribution in [-0.4, -0.2) is 15.8 Å². The van der Waals surface area contributed by atoms with Gasteiger partial charge in [-0.25, -0.2) is 4.98 Å². The van der Waals surface area contributed by atoms with Crippen LogP contribution in [0.25, 0.3) is 22.4 Å². The average molecular weight is 327 g/mol. The SMILES string of the molecule is Nc1ccc(C(=O)Cc2ccc3nc(-c4ccccc4)[nH]c3c2)cc1. The van der Waals surface area contributed by atoms with Gasteiger partial charge in [0.15, 0.2) is 5.78 Å². The number of ketones is 1. The minimum atomic E-state index is 0.0714. The van der Waals surface area contributed by atoms with Crippen molar-refractivity contribution >= 4 is 22.5 Å². The largest absolute Gasteiger partial charge is 0.399 e. The summed E-state index contributed by atoms with van der Waals surface area (Å²) in [6, 6.07) is 22.9. The van der Waals surface area contributed by atoms with Gasteiger partial charge in [-0.2, -0.15) is 0 Å². The number of hydrogen-bond acceptors (Lipinski definition) is 3. The van der Waals surface area contributed by atoms with E-state index in [1.807, 2.05) is 48.5 Å². The minimum Gasteiger partial charge on any atom is -0.399 e. The molecule has 4 aromatic rings. The van der Waals surface area contributed by atoms with Gasteiger partial charge in [0.1, 0.15) is 5.82 Å². The number of aromatic nitrogens is 2. The number of rotatable bonds is 4. The highest BCUT2D eigenvalue weighted by molar-refractivity contribution is 5.98. The number of H-pyrrole nitrogens is 1. The number of benzene rings is 3. The molecule has 0 saturated carbocycles. The Morgan fingerprint density at radius 3 is 2.48 bits per heavy atom. The van der Waals surface area contributed by atoms with Crippen molar-refractivity contribution in [3.05, 3.63) is 83.9 Å². The number of nitrogens with one attached hydrogen (secondary N) is 1. The second-order valence-electron chi connectivity index (χ2n) is 6.02. The standard InChI is InChI=1S/C21H17N3O/c22-17-9-7-15(8-10-17)20(25)13-14-6-11-18-19(12-14)24-21(23-18)16-4-2-1-3-5-16/h1-12H,13,22H2,(H,23,24). The van der Waals surface area contributed by atoms with Gasteiger partial charge in [-0.3, -0.25) is 4.79 Å². The van der Waals surface area contributed by atoms with Crippen molar-refractivity contribution in [1.29, 1.82) is 0 Å². The molecule has 0 atom stereocenters. The maximum Gasteiger partial charge on any atom is 0.167 e. The molecule has 4 nitrogen and oxygen atoms in total. The molecular formula is C21H17N3O. The molecule has 0 fully saturated rings. The Kier molecular flexibility index (Phi) is 3.78. The highest BCUT2D eigenvalue weighted by Crippen LogP contribution is 2.21. The fraction of sp³-hybridized carbons (Fsp3) is 0.0476. The zero-order chi connectivity index (χ0) is 17.2. The lowest BCUT2D eigenvalue weighted by atomic mass is 10.0. The smallest absolute Gasteiger partial charge is 0.167 e. The summed E-state index contributed by atoms with van der Waals surface area (Å²) in [5, 5.41) is 0. The van der Waals surface area contributed by atoms with Crippen LogP contribution < -0.4 is 5.73 Å². The van der Waals surface area contributed by atoms with Crippen LogP contribution in [0.5, 0.6) is 0 Å². The van der Waals surface area contributed by atoms with Crippen LogP contribution in [0.2, 0.25) is 0 Å². The van der Waals surface area contributed by atoms with E-state index in [4.69, 9.17) is 5.73 Å². The zero-order valence-electron chi connectivity index (χ0n) is 13.6. The summed E-state index contributed by atoms with van der Waals surface area (Å²) >= 11 is 0. The van der Waals surface area contributed by atoms with E-state index in [1.165, 1.54) is 0 Å². The minimum absolute atomic E-state index is 0.0714. The Balaban J connectivity index is 1.61. The van der Waals surface area contributed by atoms with E-state index in [1.54, 1.807) is 24.3 Å². The molecule has 0 spiro atoms. The van der Waals surface area contributed by atoms with Crippen molar-refractivity contribution in [2.75, 3.05) is 5.73 Å². The van der Waals surface area contributed by atoms with Gasteiger partial charge < -0.3 is 10.7 Å². The van der Waals surface area contributed by atoms with Crippen molar-refractivity contribution in [2.45, 2.75) is 6.42 Å². The number of anilines is 1. The molecule has 0 aliphatic carbocycles. The molecule has 0 radical (unpaired) electrons. The molecule has 0 unspecified atom stereocenters. The molecule has 3 N–H and O–H groups in total. The maximum atomic E-state index is 12.4. The van der Waals surface area contributed by atoms with Gasteiger partial charge in [0.25, 0.3) is 0 Å². The molecular weight excluding hydrogens is 310 g/mol. The average Bonchev–Trinajstić information content (AvgIpc) is 3.06. The summed E-state index contributed by atoms with van der Waals surface area (Å²) in [7, 11) is 0. The predicted molar refractivity (Wildman–Crippen MR) is 100 cm³/mol. The Hall–Kier alpha value is -3.40. The molecule has 0 bridgehead atoms. The van der Waals surface area contributed by atoms with Crippen LogP contribution in [-0.2, 0) is 6.42 Å². The first kappa shape index (κ1) is 15.1. The number of aromatic amines is 1. The van der Waals surface area contributed by atoms with Crippen molar-refractivity contribution in [3.63, 3.8) is 0 Å². The fourth-order valence-electron chi connectivity index (χ4n) is 2.86. The summed E-state index contributed by atoms with van der Waals surface area (Å²) in [5.41, 5.74) is 10.8. The normalized spacial score (nSPS) is 10.9. The van der Waals surface area contributed by atoms with Gasteiger partial charge in [-0.05, 0) is 42.0 Å². The lowest BCUT2D eigenvalue weighted by Crippen LogP contribution is -2.03. The van der Waals surface area contributed by atoms with Crippen LogP contribution in [0.4, 0.5) is 5.69 Å². The van der Waals surface area contributed by atoms with Crippen molar-refractivity contribution in [2.24, 2.45) is 0 Å². The molecule has 4 rings (SSSR count). The summed E-state index contributed by atoms with van der Waals surface area (Å²) in [6.07, 6.45) is 0.347. The van der Waals surface area contributed by atoms with E-state index in [2.05, 4.69) is 9.97 Å². The Labute approximate surface area is 145 Å². The van der Waals surface area contributed by atoms with E-state index in [9.17, 15) is 4.79 Å². The molecule has 0 amide bonds. The summed E-state index contributed by atoms with van der Waals surface area (Å²) in [6.45, 7) is 0. The molecule has 0 saturated heterocycles. The van der Waals surface area contributed by atoms with Gasteiger partial charge in [0.2, 0.25) is 0 Å². The van der Waals surface area contributed by atoms with E-state index in [0.717, 1.165) is 28.0 Å². The molecule has 1 aromatic heterocycles. The van der Waals surface area contributed by atoms with Crippen LogP contribution in [0.15, 0.2) is 72.8 Å². The molecule has 3 aromatic carbocycles. The van der Waals surface area contributed by atoms with E-state index < -0.39 is 0 Å². The molecule has 25 heavy (non-hydrogen) atoms. The molecule has 0 aliphatic rings. The number of Topliss-reactive ketones (excluding diaryl/α,β-unsaturated/α-hetero) is 1. The van der Waals surface area contributed by atoms with Crippen molar-refractivity contribution in [3.8, 4) is 11.4 Å². The Bertz CT molecular complexity index is 1030. The van der Waals surface area contributed by atoms with Crippen molar-refractivity contribution in [1.82, 2.24) is 9.97 Å². The predicted octanol–water partition coefficient (Wildman–Crippen LogP) is 4.24. The number of nitrogen functional groups attached to an aromatic ring is 1. The fourth-order valence-corrected chi connectivity index (χ4v) is 2.86. The Morgan fingerprint density at radius 1 is 0.960 bits per heavy atom. The molecule has 4 heteroatoms. The second-order valence-corrected chi connectivity index (χ2v) is 6.02. The van der Waals surface area contributed by atoms with Gasteiger partial charge in [0.05, 0.1) is 11.0 Å². The number of nitrogens with two attached hydrogens (primary N) is 1. The van der Waals surface area contributed by atoms with Gasteiger partial charge in [-0.1, -0.05) is 36.4 Å². The first-order chi connectivity index (χ1) is 12.2. The van der Waals surface area contributed by atoms with Crippen molar-refractivity contribution < 1.29 is 4.79 Å². The van der Waals surface area contributed by atoms with Crippen LogP contribution in [0.3, 0.4) is 0 Å². The van der Waals surface area contributed by atoms with Gasteiger partial charge in [0, 0.05) is 23.2 Å². The molecule has 1 heterocycles. The Morgan fingerprint density at radius 2 is 1.72 bits per heavy atom. The number of nitrogens with zero attached hydrogens (tertiary/aromatic N) is 1. The van der Waals surface area contributed by atoms with E-state index >= 15 is 0 Å². The number of hydrogen-bond donors (Lipinski definition) is 2. The zero-order valence-corrected chi connectivity index (χ0v) is 13.6. The lowest BCUT2D eigenvalue weighted by Gasteiger charge is -2.02. The summed E-state index contributed by atoms with van der Waals surface area (Å²) < 4.78 is 0. The number of imidazole rings is 1. The first-order valence-corrected chi connectivity index (χ1v) is 8.12. The first-order valence-electron chi connectivity index (χ1n) is 8.12. The van der Waals surface area contributed by atoms with Gasteiger partial charge >= 0.3 is 0 Å². The third kappa shape index (κ3) is 3.15. The van der Waals surface area contributed by atoms with Crippen LogP contribution in [0.1, 0.15) is 15.9 Å². The quantitative estimate of drug-likeness (QED) is 0.435. The second kappa shape index (κ2) is 6.24. The summed E-state index contributed by atoms with van der Waals surface area (Å²) in [4.78, 5) is 20.4. The highest BCUT2D eigenvalue weighted by atomic mass is 16.1. The van der Waals surface area contributed by atoms with E-state index in [0.29, 0.717) is 17.7 Å². The monoisotopic (exact) mass is 327 g/mol. The highest BCUT2D eigenvalue weighted by Gasteiger charge is 2.10. The maximum absolute atomic E-state index is 12.4. The molecule has 0 aliphatic heterocycles. The van der Waals surface area contributed by atoms with Crippen LogP contribution in [0, 0.1) is 0 Å². The third-order valence-electron chi connectivity index (χ3n) is 4.19. The van der Waals surface area contributed by atoms with Crippen LogP contribution >= 0.6 is 0 Å². The number of fused-ring (bicyclic) bond motifs is 1. The lowest BCUT2D eigenvalue weighted by molar-refractivity contribution is 0.0993. The topological polar surface area (TPSA) is 71.8 Å². The third-order valence-corrected chi connectivity index (χ3v) is 4.19. The number of carbonyl (C=O) groups is 1.